The molecule has 0 radical (unpaired) electrons. The Morgan fingerprint density at radius 1 is 0.281 bits per heavy atom. The van der Waals surface area contributed by atoms with Crippen molar-refractivity contribution in [2.45, 2.75) is 219 Å². The first-order chi connectivity index (χ1) is 31.6. The van der Waals surface area contributed by atoms with Gasteiger partial charge in [0.2, 0.25) is 0 Å². The molecule has 0 spiro atoms. The maximum absolute atomic E-state index is 13.8. The van der Waals surface area contributed by atoms with Crippen LogP contribution in [0.2, 0.25) is 0 Å². The van der Waals surface area contributed by atoms with Crippen molar-refractivity contribution in [3.63, 3.8) is 0 Å². The molecule has 0 heterocycles. The predicted octanol–water partition coefficient (Wildman–Crippen LogP) is 19.5. The molecule has 0 amide bonds. The van der Waals surface area contributed by atoms with Crippen LogP contribution in [0.4, 0.5) is 0 Å². The van der Waals surface area contributed by atoms with Crippen molar-refractivity contribution < 1.29 is 9.59 Å². The van der Waals surface area contributed by atoms with Crippen LogP contribution in [-0.2, 0) is 0 Å². The summed E-state index contributed by atoms with van der Waals surface area (Å²) < 4.78 is 0. The Kier molecular flexibility index (Phi) is 21.7. The third-order valence-electron chi connectivity index (χ3n) is 14.5. The first kappa shape index (κ1) is 49.4. The summed E-state index contributed by atoms with van der Waals surface area (Å²) in [5.41, 5.74) is 13.5. The number of fused-ring (bicyclic) bond motifs is 6. The first-order valence-electron chi connectivity index (χ1n) is 26.9. The summed E-state index contributed by atoms with van der Waals surface area (Å²) in [6.45, 7) is 4.58. The van der Waals surface area contributed by atoms with Crippen molar-refractivity contribution in [1.82, 2.24) is 0 Å². The molecule has 2 aliphatic carbocycles. The summed E-state index contributed by atoms with van der Waals surface area (Å²) in [6, 6.07) is 30.3. The molecule has 0 aliphatic heterocycles. The van der Waals surface area contributed by atoms with Crippen LogP contribution >= 0.6 is 0 Å². The minimum atomic E-state index is 0.247. The van der Waals surface area contributed by atoms with Crippen molar-refractivity contribution in [3.05, 3.63) is 118 Å². The van der Waals surface area contributed by atoms with E-state index < -0.39 is 0 Å². The smallest absolute Gasteiger partial charge is 0.162 e. The second-order valence-electron chi connectivity index (χ2n) is 19.6. The number of carbonyl (C=O) groups is 2. The number of carbonyl (C=O) groups excluding carboxylic acids is 2. The predicted molar refractivity (Wildman–Crippen MR) is 277 cm³/mol. The SMILES string of the molecule is CCCCCCCCCCCCCCCCCC(=O)c1ccc2c(c1)/C(=C1\c3ccccc3-c3ccc(C(=O)CCCCCCCCCCCCCCCCC)cc31)c1ccccc1-2. The highest BCUT2D eigenvalue weighted by Gasteiger charge is 2.33. The third-order valence-corrected chi connectivity index (χ3v) is 14.5. The fraction of sp³-hybridized carbons (Fsp3) is 0.548. The first-order valence-corrected chi connectivity index (χ1v) is 26.9. The largest absolute Gasteiger partial charge is 0.294 e. The quantitative estimate of drug-likeness (QED) is 0.0299. The van der Waals surface area contributed by atoms with E-state index in [1.807, 2.05) is 0 Å². The molecule has 0 saturated carbocycles. The number of hydrogen-bond acceptors (Lipinski definition) is 2. The lowest BCUT2D eigenvalue weighted by molar-refractivity contribution is 0.0971. The highest BCUT2D eigenvalue weighted by atomic mass is 16.1. The van der Waals surface area contributed by atoms with Gasteiger partial charge in [-0.15, -0.1) is 0 Å². The Balaban J connectivity index is 1.02. The molecule has 344 valence electrons. The Morgan fingerprint density at radius 3 is 0.828 bits per heavy atom. The maximum Gasteiger partial charge on any atom is 0.162 e. The van der Waals surface area contributed by atoms with E-state index in [0.717, 1.165) is 47.9 Å². The number of ketones is 2. The molecule has 64 heavy (non-hydrogen) atoms. The van der Waals surface area contributed by atoms with Crippen molar-refractivity contribution >= 4 is 22.7 Å². The molecular formula is C62H84O2. The lowest BCUT2D eigenvalue weighted by Crippen LogP contribution is -2.01. The van der Waals surface area contributed by atoms with Gasteiger partial charge in [0.15, 0.2) is 11.6 Å². The Bertz CT molecular complexity index is 1920. The lowest BCUT2D eigenvalue weighted by atomic mass is 9.89. The van der Waals surface area contributed by atoms with E-state index in [1.54, 1.807) is 0 Å². The van der Waals surface area contributed by atoms with Crippen molar-refractivity contribution in [2.24, 2.45) is 0 Å². The molecule has 0 saturated heterocycles. The van der Waals surface area contributed by atoms with Gasteiger partial charge in [-0.25, -0.2) is 0 Å². The zero-order chi connectivity index (χ0) is 44.6. The van der Waals surface area contributed by atoms with Crippen molar-refractivity contribution in [3.8, 4) is 22.3 Å². The third kappa shape index (κ3) is 14.5. The second-order valence-corrected chi connectivity index (χ2v) is 19.6. The van der Waals surface area contributed by atoms with Gasteiger partial charge in [-0.05, 0) is 80.6 Å². The molecule has 0 bridgehead atoms. The molecule has 0 N–H and O–H groups in total. The number of rotatable bonds is 34. The van der Waals surface area contributed by atoms with Gasteiger partial charge in [-0.3, -0.25) is 9.59 Å². The van der Waals surface area contributed by atoms with Crippen LogP contribution in [0.3, 0.4) is 0 Å². The summed E-state index contributed by atoms with van der Waals surface area (Å²) in [7, 11) is 0. The summed E-state index contributed by atoms with van der Waals surface area (Å²) >= 11 is 0. The standard InChI is InChI=1S/C62H84O2/c1-3-5-7-9-11-13-15-17-19-21-23-25-27-29-31-41-59(63)49-43-45-53-51-37-33-35-39-55(51)61(57(53)47-49)62-56-40-36-34-38-52(56)54-46-44-50(48-58(54)62)60(64)42-32-30-28-26-24-22-20-18-16-14-12-10-8-6-4-2/h33-40,43-48H,3-32,41-42H2,1-2H3/b62-61+. The fourth-order valence-electron chi connectivity index (χ4n) is 10.6. The zero-order valence-electron chi connectivity index (χ0n) is 40.5. The monoisotopic (exact) mass is 861 g/mol. The zero-order valence-corrected chi connectivity index (χ0v) is 40.5. The normalized spacial score (nSPS) is 13.5. The van der Waals surface area contributed by atoms with Crippen LogP contribution in [0, 0.1) is 0 Å². The summed E-state index contributed by atoms with van der Waals surface area (Å²) in [6.07, 6.45) is 40.9. The fourth-order valence-corrected chi connectivity index (χ4v) is 10.6. The molecule has 0 fully saturated rings. The molecule has 2 nitrogen and oxygen atoms in total. The lowest BCUT2D eigenvalue weighted by Gasteiger charge is -2.13. The van der Waals surface area contributed by atoms with Gasteiger partial charge >= 0.3 is 0 Å². The van der Waals surface area contributed by atoms with E-state index in [2.05, 4.69) is 98.8 Å². The van der Waals surface area contributed by atoms with Gasteiger partial charge in [0.1, 0.15) is 0 Å². The molecular weight excluding hydrogens is 777 g/mol. The molecule has 0 unspecified atom stereocenters. The van der Waals surface area contributed by atoms with Gasteiger partial charge in [-0.1, -0.05) is 266 Å². The average molecular weight is 861 g/mol. The average Bonchev–Trinajstić information content (AvgIpc) is 3.82. The van der Waals surface area contributed by atoms with Gasteiger partial charge in [0.05, 0.1) is 0 Å². The van der Waals surface area contributed by atoms with Gasteiger partial charge < -0.3 is 0 Å². The van der Waals surface area contributed by atoms with Crippen LogP contribution < -0.4 is 0 Å². The molecule has 2 heteroatoms. The van der Waals surface area contributed by atoms with E-state index >= 15 is 0 Å². The number of Topliss-reactive ketones (excluding diaryl/α,β-unsaturated/α-hetero) is 2. The summed E-state index contributed by atoms with van der Waals surface area (Å²) in [5.74, 6) is 0.494. The van der Waals surface area contributed by atoms with E-state index in [-0.39, 0.29) is 11.6 Å². The Hall–Kier alpha value is -4.04. The van der Waals surface area contributed by atoms with Gasteiger partial charge in [0, 0.05) is 24.0 Å². The van der Waals surface area contributed by atoms with Crippen LogP contribution in [-0.4, -0.2) is 11.6 Å². The Labute approximate surface area is 390 Å². The van der Waals surface area contributed by atoms with Crippen LogP contribution in [0.5, 0.6) is 0 Å². The molecule has 6 rings (SSSR count). The number of hydrogen-bond donors (Lipinski definition) is 0. The summed E-state index contributed by atoms with van der Waals surface area (Å²) in [4.78, 5) is 27.6. The van der Waals surface area contributed by atoms with E-state index in [0.29, 0.717) is 12.8 Å². The van der Waals surface area contributed by atoms with Crippen LogP contribution in [0.1, 0.15) is 262 Å². The molecule has 2 aliphatic rings. The minimum absolute atomic E-state index is 0.247. The van der Waals surface area contributed by atoms with Gasteiger partial charge in [-0.2, -0.15) is 0 Å². The second kappa shape index (κ2) is 28.1. The number of benzene rings is 4. The van der Waals surface area contributed by atoms with E-state index in [1.165, 1.54) is 211 Å². The highest BCUT2D eigenvalue weighted by molar-refractivity contribution is 6.19. The minimum Gasteiger partial charge on any atom is -0.294 e. The van der Waals surface area contributed by atoms with E-state index in [4.69, 9.17) is 0 Å². The molecule has 0 aromatic heterocycles. The topological polar surface area (TPSA) is 34.1 Å². The van der Waals surface area contributed by atoms with Crippen molar-refractivity contribution in [1.29, 1.82) is 0 Å². The maximum atomic E-state index is 13.8. The molecule has 4 aromatic rings. The summed E-state index contributed by atoms with van der Waals surface area (Å²) in [5, 5.41) is 0. The van der Waals surface area contributed by atoms with Crippen LogP contribution in [0.15, 0.2) is 84.9 Å². The highest BCUT2D eigenvalue weighted by Crippen LogP contribution is 2.54. The molecule has 4 aromatic carbocycles. The Morgan fingerprint density at radius 2 is 0.531 bits per heavy atom. The van der Waals surface area contributed by atoms with Crippen LogP contribution in [0.25, 0.3) is 33.4 Å². The number of unbranched alkanes of at least 4 members (excludes halogenated alkanes) is 28. The van der Waals surface area contributed by atoms with E-state index in [9.17, 15) is 9.59 Å². The molecule has 0 atom stereocenters. The van der Waals surface area contributed by atoms with Gasteiger partial charge in [0.25, 0.3) is 0 Å². The van der Waals surface area contributed by atoms with Crippen molar-refractivity contribution in [2.75, 3.05) is 0 Å².